The molecule has 4 nitrogen and oxygen atoms in total. The molecule has 0 bridgehead atoms. The van der Waals surface area contributed by atoms with Crippen LogP contribution in [0.3, 0.4) is 0 Å². The van der Waals surface area contributed by atoms with Crippen LogP contribution in [0.5, 0.6) is 0 Å². The molecule has 1 heterocycles. The Morgan fingerprint density at radius 1 is 1.19 bits per heavy atom. The molecule has 0 spiro atoms. The summed E-state index contributed by atoms with van der Waals surface area (Å²) in [5.41, 5.74) is 5.82. The van der Waals surface area contributed by atoms with Gasteiger partial charge in [-0.25, -0.2) is 0 Å². The topological polar surface area (TPSA) is 64.3 Å². The Morgan fingerprint density at radius 2 is 1.88 bits per heavy atom. The summed E-state index contributed by atoms with van der Waals surface area (Å²) in [5, 5.41) is 3.11. The summed E-state index contributed by atoms with van der Waals surface area (Å²) in [5.74, 6) is 0.258. The van der Waals surface area contributed by atoms with Gasteiger partial charge in [-0.05, 0) is 32.1 Å². The summed E-state index contributed by atoms with van der Waals surface area (Å²) in [4.78, 5) is 11.8. The van der Waals surface area contributed by atoms with Gasteiger partial charge >= 0.3 is 0 Å². The average Bonchev–Trinajstić information content (AvgIpc) is 2.74. The number of amides is 1. The minimum absolute atomic E-state index is 0. The number of rotatable bonds is 2. The molecule has 5 heteroatoms. The van der Waals surface area contributed by atoms with Gasteiger partial charge in [0.15, 0.2) is 0 Å². The van der Waals surface area contributed by atoms with Crippen molar-refractivity contribution in [2.45, 2.75) is 44.2 Å². The molecule has 94 valence electrons. The first kappa shape index (κ1) is 13.7. The minimum Gasteiger partial charge on any atom is -0.381 e. The molecule has 3 N–H and O–H groups in total. The monoisotopic (exact) mass is 248 g/mol. The third-order valence-corrected chi connectivity index (χ3v) is 3.42. The highest BCUT2D eigenvalue weighted by Crippen LogP contribution is 2.18. The Morgan fingerprint density at radius 3 is 2.44 bits per heavy atom. The third kappa shape index (κ3) is 3.61. The number of hydrogen-bond donors (Lipinski definition) is 2. The molecule has 0 aromatic rings. The number of ether oxygens (including phenoxy) is 1. The molecule has 0 radical (unpaired) electrons. The molecule has 1 unspecified atom stereocenters. The van der Waals surface area contributed by atoms with E-state index in [0.29, 0.717) is 18.7 Å². The van der Waals surface area contributed by atoms with Crippen LogP contribution in [-0.2, 0) is 9.53 Å². The molecule has 1 saturated carbocycles. The van der Waals surface area contributed by atoms with E-state index in [2.05, 4.69) is 5.32 Å². The Labute approximate surface area is 103 Å². The average molecular weight is 249 g/mol. The Kier molecular flexibility index (Phi) is 5.52. The maximum absolute atomic E-state index is 11.8. The van der Waals surface area contributed by atoms with Crippen molar-refractivity contribution in [3.05, 3.63) is 0 Å². The van der Waals surface area contributed by atoms with Crippen LogP contribution in [-0.4, -0.2) is 31.2 Å². The molecule has 2 aliphatic rings. The second-order valence-electron chi connectivity index (χ2n) is 4.68. The van der Waals surface area contributed by atoms with Crippen molar-refractivity contribution >= 4 is 18.3 Å². The predicted molar refractivity (Wildman–Crippen MR) is 64.5 cm³/mol. The molecule has 2 rings (SSSR count). The third-order valence-electron chi connectivity index (χ3n) is 3.42. The first-order valence-corrected chi connectivity index (χ1v) is 5.89. The molecule has 1 aliphatic heterocycles. The van der Waals surface area contributed by atoms with E-state index in [1.807, 2.05) is 0 Å². The van der Waals surface area contributed by atoms with Gasteiger partial charge < -0.3 is 15.8 Å². The normalized spacial score (nSPS) is 34.2. The molecule has 1 aliphatic carbocycles. The fourth-order valence-electron chi connectivity index (χ4n) is 2.32. The van der Waals surface area contributed by atoms with E-state index in [-0.39, 0.29) is 24.2 Å². The van der Waals surface area contributed by atoms with Crippen molar-refractivity contribution in [2.24, 2.45) is 11.7 Å². The van der Waals surface area contributed by atoms with Gasteiger partial charge in [-0.3, -0.25) is 4.79 Å². The van der Waals surface area contributed by atoms with Crippen LogP contribution in [0.4, 0.5) is 0 Å². The zero-order valence-corrected chi connectivity index (χ0v) is 10.3. The molecule has 16 heavy (non-hydrogen) atoms. The molecule has 0 aromatic heterocycles. The van der Waals surface area contributed by atoms with Crippen molar-refractivity contribution < 1.29 is 9.53 Å². The van der Waals surface area contributed by atoms with Gasteiger partial charge in [0, 0.05) is 18.7 Å². The van der Waals surface area contributed by atoms with E-state index in [4.69, 9.17) is 10.5 Å². The van der Waals surface area contributed by atoms with Crippen molar-refractivity contribution in [2.75, 3.05) is 13.2 Å². The fourth-order valence-corrected chi connectivity index (χ4v) is 2.32. The number of halogens is 1. The van der Waals surface area contributed by atoms with Gasteiger partial charge in [0.2, 0.25) is 5.91 Å². The highest BCUT2D eigenvalue weighted by molar-refractivity contribution is 5.85. The molecular formula is C11H21ClN2O2. The lowest BCUT2D eigenvalue weighted by Crippen LogP contribution is -2.43. The van der Waals surface area contributed by atoms with E-state index in [0.717, 1.165) is 38.7 Å². The number of carbonyl (C=O) groups is 1. The van der Waals surface area contributed by atoms with Gasteiger partial charge in [-0.2, -0.15) is 0 Å². The highest BCUT2D eigenvalue weighted by Gasteiger charge is 2.26. The maximum atomic E-state index is 11.8. The molecule has 2 fully saturated rings. The summed E-state index contributed by atoms with van der Waals surface area (Å²) in [6.45, 7) is 1.33. The Bertz CT molecular complexity index is 224. The smallest absolute Gasteiger partial charge is 0.225 e. The van der Waals surface area contributed by atoms with E-state index < -0.39 is 0 Å². The lowest BCUT2D eigenvalue weighted by Gasteiger charge is -2.27. The van der Waals surface area contributed by atoms with E-state index in [1.165, 1.54) is 0 Å². The Balaban J connectivity index is 0.00000128. The van der Waals surface area contributed by atoms with E-state index in [9.17, 15) is 4.79 Å². The zero-order chi connectivity index (χ0) is 10.7. The van der Waals surface area contributed by atoms with Gasteiger partial charge in [0.05, 0.1) is 12.5 Å². The van der Waals surface area contributed by atoms with Crippen molar-refractivity contribution in [3.8, 4) is 0 Å². The van der Waals surface area contributed by atoms with Crippen LogP contribution in [0.1, 0.15) is 32.1 Å². The van der Waals surface area contributed by atoms with Gasteiger partial charge in [0.25, 0.3) is 0 Å². The van der Waals surface area contributed by atoms with E-state index in [1.54, 1.807) is 0 Å². The van der Waals surface area contributed by atoms with Crippen LogP contribution in [0.25, 0.3) is 0 Å². The summed E-state index contributed by atoms with van der Waals surface area (Å²) in [6.07, 6.45) is 5.00. The lowest BCUT2D eigenvalue weighted by atomic mass is 9.91. The largest absolute Gasteiger partial charge is 0.381 e. The van der Waals surface area contributed by atoms with Crippen LogP contribution in [0, 0.1) is 5.92 Å². The van der Waals surface area contributed by atoms with Crippen LogP contribution in [0.2, 0.25) is 0 Å². The Hall–Kier alpha value is -0.320. The zero-order valence-electron chi connectivity index (χ0n) is 9.48. The summed E-state index contributed by atoms with van der Waals surface area (Å²) in [7, 11) is 0. The number of nitrogens with two attached hydrogens (primary N) is 1. The first-order valence-electron chi connectivity index (χ1n) is 5.89. The molecule has 1 amide bonds. The van der Waals surface area contributed by atoms with Gasteiger partial charge in [-0.1, -0.05) is 0 Å². The SMILES string of the molecule is Cl.NC1CCC(NC(=O)C2CCOC2)CC1. The van der Waals surface area contributed by atoms with Gasteiger partial charge in [-0.15, -0.1) is 12.4 Å². The fraction of sp³-hybridized carbons (Fsp3) is 0.909. The van der Waals surface area contributed by atoms with E-state index >= 15 is 0 Å². The molecule has 0 aromatic carbocycles. The van der Waals surface area contributed by atoms with Gasteiger partial charge in [0.1, 0.15) is 0 Å². The standard InChI is InChI=1S/C11H20N2O2.ClH/c12-9-1-3-10(4-2-9)13-11(14)8-5-6-15-7-8;/h8-10H,1-7,12H2,(H,13,14);1H. The summed E-state index contributed by atoms with van der Waals surface area (Å²) < 4.78 is 5.20. The summed E-state index contributed by atoms with van der Waals surface area (Å²) >= 11 is 0. The second kappa shape index (κ2) is 6.42. The van der Waals surface area contributed by atoms with Crippen LogP contribution >= 0.6 is 12.4 Å². The molecule has 1 saturated heterocycles. The van der Waals surface area contributed by atoms with Crippen molar-refractivity contribution in [1.82, 2.24) is 5.32 Å². The maximum Gasteiger partial charge on any atom is 0.225 e. The molecular weight excluding hydrogens is 228 g/mol. The van der Waals surface area contributed by atoms with Crippen LogP contribution in [0.15, 0.2) is 0 Å². The highest BCUT2D eigenvalue weighted by atomic mass is 35.5. The molecule has 1 atom stereocenters. The van der Waals surface area contributed by atoms with Crippen LogP contribution < -0.4 is 11.1 Å². The number of hydrogen-bond acceptors (Lipinski definition) is 3. The van der Waals surface area contributed by atoms with Crippen molar-refractivity contribution in [1.29, 1.82) is 0 Å². The minimum atomic E-state index is 0. The predicted octanol–water partition coefficient (Wildman–Crippen LogP) is 0.831. The quantitative estimate of drug-likeness (QED) is 0.761. The number of nitrogens with one attached hydrogen (secondary N) is 1. The number of carbonyl (C=O) groups excluding carboxylic acids is 1. The first-order chi connectivity index (χ1) is 7.25. The summed E-state index contributed by atoms with van der Waals surface area (Å²) in [6, 6.07) is 0.686. The second-order valence-corrected chi connectivity index (χ2v) is 4.68. The lowest BCUT2D eigenvalue weighted by molar-refractivity contribution is -0.125. The van der Waals surface area contributed by atoms with Crippen molar-refractivity contribution in [3.63, 3.8) is 0 Å².